The molecule has 0 fully saturated rings. The number of aromatic amines is 1. The predicted molar refractivity (Wildman–Crippen MR) is 64.9 cm³/mol. The summed E-state index contributed by atoms with van der Waals surface area (Å²) in [7, 11) is -1.89. The van der Waals surface area contributed by atoms with Crippen molar-refractivity contribution in [2.45, 2.75) is 0 Å². The SMILES string of the molecule is CNS(=O)(=O)CCNc1cc2n[nH]c(=O)n2cn1. The van der Waals surface area contributed by atoms with E-state index < -0.39 is 10.0 Å². The third kappa shape index (κ3) is 2.65. The molecule has 0 atom stereocenters. The number of hydrogen-bond donors (Lipinski definition) is 3. The van der Waals surface area contributed by atoms with Crippen LogP contribution in [0.4, 0.5) is 5.82 Å². The first-order valence-corrected chi connectivity index (χ1v) is 6.75. The Bertz CT molecular complexity index is 703. The number of aromatic nitrogens is 4. The Balaban J connectivity index is 2.06. The lowest BCUT2D eigenvalue weighted by molar-refractivity contribution is 0.588. The van der Waals surface area contributed by atoms with Crippen LogP contribution in [0.25, 0.3) is 5.65 Å². The summed E-state index contributed by atoms with van der Waals surface area (Å²) in [6, 6.07) is 1.55. The van der Waals surface area contributed by atoms with E-state index in [-0.39, 0.29) is 18.0 Å². The maximum absolute atomic E-state index is 11.2. The highest BCUT2D eigenvalue weighted by atomic mass is 32.2. The average Bonchev–Trinajstić information content (AvgIpc) is 2.71. The molecule has 0 unspecified atom stereocenters. The molecule has 2 aromatic heterocycles. The van der Waals surface area contributed by atoms with Crippen molar-refractivity contribution in [1.29, 1.82) is 0 Å². The Morgan fingerprint density at radius 1 is 1.50 bits per heavy atom. The zero-order chi connectivity index (χ0) is 13.2. The van der Waals surface area contributed by atoms with Crippen LogP contribution in [0.3, 0.4) is 0 Å². The van der Waals surface area contributed by atoms with Crippen molar-refractivity contribution in [3.05, 3.63) is 22.9 Å². The minimum absolute atomic E-state index is 0.0657. The number of H-pyrrole nitrogens is 1. The lowest BCUT2D eigenvalue weighted by atomic mass is 10.5. The molecule has 0 aliphatic heterocycles. The van der Waals surface area contributed by atoms with Crippen molar-refractivity contribution in [2.75, 3.05) is 24.7 Å². The van der Waals surface area contributed by atoms with Crippen molar-refractivity contribution < 1.29 is 8.42 Å². The van der Waals surface area contributed by atoms with Gasteiger partial charge in [-0.15, -0.1) is 0 Å². The molecular weight excluding hydrogens is 260 g/mol. The molecular formula is C8H12N6O3S. The molecule has 98 valence electrons. The van der Waals surface area contributed by atoms with Crippen LogP contribution < -0.4 is 15.7 Å². The molecule has 0 spiro atoms. The maximum Gasteiger partial charge on any atom is 0.348 e. The Hall–Kier alpha value is -1.94. The van der Waals surface area contributed by atoms with Gasteiger partial charge in [-0.25, -0.2) is 32.4 Å². The van der Waals surface area contributed by atoms with Gasteiger partial charge in [-0.05, 0) is 7.05 Å². The van der Waals surface area contributed by atoms with E-state index in [2.05, 4.69) is 25.2 Å². The number of nitrogens with one attached hydrogen (secondary N) is 3. The largest absolute Gasteiger partial charge is 0.369 e. The predicted octanol–water partition coefficient (Wildman–Crippen LogP) is -1.62. The fourth-order valence-electron chi connectivity index (χ4n) is 1.32. The summed E-state index contributed by atoms with van der Waals surface area (Å²) in [4.78, 5) is 15.1. The summed E-state index contributed by atoms with van der Waals surface area (Å²) in [5.41, 5.74) is 0.0378. The molecule has 0 aliphatic carbocycles. The van der Waals surface area contributed by atoms with Gasteiger partial charge in [0.2, 0.25) is 10.0 Å². The van der Waals surface area contributed by atoms with E-state index in [4.69, 9.17) is 0 Å². The fourth-order valence-corrected chi connectivity index (χ4v) is 1.90. The number of hydrogen-bond acceptors (Lipinski definition) is 6. The van der Waals surface area contributed by atoms with Crippen LogP contribution in [0, 0.1) is 0 Å². The van der Waals surface area contributed by atoms with Crippen LogP contribution in [0.1, 0.15) is 0 Å². The molecule has 2 heterocycles. The van der Waals surface area contributed by atoms with Crippen molar-refractivity contribution in [2.24, 2.45) is 0 Å². The Morgan fingerprint density at radius 2 is 2.28 bits per heavy atom. The van der Waals surface area contributed by atoms with Gasteiger partial charge >= 0.3 is 5.69 Å². The highest BCUT2D eigenvalue weighted by Gasteiger charge is 2.07. The van der Waals surface area contributed by atoms with Gasteiger partial charge in [-0.2, -0.15) is 5.10 Å². The monoisotopic (exact) mass is 272 g/mol. The van der Waals surface area contributed by atoms with E-state index in [0.29, 0.717) is 11.5 Å². The Morgan fingerprint density at radius 3 is 3.00 bits per heavy atom. The van der Waals surface area contributed by atoms with Crippen molar-refractivity contribution in [1.82, 2.24) is 24.3 Å². The first-order chi connectivity index (χ1) is 8.52. The first kappa shape index (κ1) is 12.5. The molecule has 3 N–H and O–H groups in total. The molecule has 0 radical (unpaired) electrons. The van der Waals surface area contributed by atoms with E-state index >= 15 is 0 Å². The lowest BCUT2D eigenvalue weighted by Crippen LogP contribution is -2.26. The third-order valence-electron chi connectivity index (χ3n) is 2.30. The minimum Gasteiger partial charge on any atom is -0.369 e. The molecule has 10 heteroatoms. The molecule has 0 bridgehead atoms. The highest BCUT2D eigenvalue weighted by Crippen LogP contribution is 2.03. The van der Waals surface area contributed by atoms with Crippen LogP contribution in [0.5, 0.6) is 0 Å². The van der Waals surface area contributed by atoms with E-state index in [1.165, 1.54) is 17.8 Å². The van der Waals surface area contributed by atoms with Crippen LogP contribution in [0.15, 0.2) is 17.2 Å². The number of fused-ring (bicyclic) bond motifs is 1. The van der Waals surface area contributed by atoms with Gasteiger partial charge in [-0.3, -0.25) is 0 Å². The molecule has 2 rings (SSSR count). The van der Waals surface area contributed by atoms with Gasteiger partial charge < -0.3 is 5.32 Å². The molecule has 18 heavy (non-hydrogen) atoms. The van der Waals surface area contributed by atoms with Gasteiger partial charge in [0.25, 0.3) is 0 Å². The van der Waals surface area contributed by atoms with Crippen LogP contribution in [0.2, 0.25) is 0 Å². The number of sulfonamides is 1. The topological polar surface area (TPSA) is 121 Å². The molecule has 0 saturated heterocycles. The summed E-state index contributed by atoms with van der Waals surface area (Å²) in [6.45, 7) is 0.209. The second kappa shape index (κ2) is 4.74. The summed E-state index contributed by atoms with van der Waals surface area (Å²) in [6.07, 6.45) is 1.32. The minimum atomic E-state index is -3.25. The van der Waals surface area contributed by atoms with Crippen molar-refractivity contribution >= 4 is 21.5 Å². The number of rotatable bonds is 5. The quantitative estimate of drug-likeness (QED) is 0.601. The highest BCUT2D eigenvalue weighted by molar-refractivity contribution is 7.89. The first-order valence-electron chi connectivity index (χ1n) is 5.10. The molecule has 0 aliphatic rings. The molecule has 0 saturated carbocycles. The lowest BCUT2D eigenvalue weighted by Gasteiger charge is -2.05. The second-order valence-electron chi connectivity index (χ2n) is 3.48. The summed E-state index contributed by atoms with van der Waals surface area (Å²) in [5.74, 6) is 0.386. The summed E-state index contributed by atoms with van der Waals surface area (Å²) in [5, 5.41) is 8.88. The fraction of sp³-hybridized carbons (Fsp3) is 0.375. The van der Waals surface area contributed by atoms with Gasteiger partial charge in [0.15, 0.2) is 5.65 Å². The smallest absolute Gasteiger partial charge is 0.348 e. The summed E-state index contributed by atoms with van der Waals surface area (Å²) >= 11 is 0. The van der Waals surface area contributed by atoms with E-state index in [1.54, 1.807) is 6.07 Å². The zero-order valence-corrected chi connectivity index (χ0v) is 10.4. The number of anilines is 1. The van der Waals surface area contributed by atoms with Gasteiger partial charge in [0.1, 0.15) is 12.1 Å². The Labute approximate surface area is 102 Å². The normalized spacial score (nSPS) is 11.8. The molecule has 0 amide bonds. The maximum atomic E-state index is 11.2. The van der Waals surface area contributed by atoms with Crippen molar-refractivity contribution in [3.8, 4) is 0 Å². The molecule has 0 aromatic carbocycles. The number of nitrogens with zero attached hydrogens (tertiary/aromatic N) is 3. The van der Waals surface area contributed by atoms with E-state index in [9.17, 15) is 13.2 Å². The van der Waals surface area contributed by atoms with Crippen molar-refractivity contribution in [3.63, 3.8) is 0 Å². The Kier molecular flexibility index (Phi) is 3.30. The summed E-state index contributed by atoms with van der Waals surface area (Å²) < 4.78 is 25.8. The molecule has 2 aromatic rings. The van der Waals surface area contributed by atoms with E-state index in [0.717, 1.165) is 0 Å². The van der Waals surface area contributed by atoms with E-state index in [1.807, 2.05) is 0 Å². The third-order valence-corrected chi connectivity index (χ3v) is 3.66. The molecule has 9 nitrogen and oxygen atoms in total. The zero-order valence-electron chi connectivity index (χ0n) is 9.54. The standard InChI is InChI=1S/C8H12N6O3S/c1-9-18(16,17)3-2-10-6-4-7-12-13-8(15)14(7)5-11-6/h4-5,9-10H,2-3H2,1H3,(H,13,15). The van der Waals surface area contributed by atoms with Crippen LogP contribution in [-0.2, 0) is 10.0 Å². The van der Waals surface area contributed by atoms with Gasteiger partial charge in [0.05, 0.1) is 5.75 Å². The van der Waals surface area contributed by atoms with Crippen LogP contribution >= 0.6 is 0 Å². The van der Waals surface area contributed by atoms with Gasteiger partial charge in [-0.1, -0.05) is 0 Å². The van der Waals surface area contributed by atoms with Gasteiger partial charge in [0, 0.05) is 12.6 Å². The average molecular weight is 272 g/mol. The van der Waals surface area contributed by atoms with Crippen LogP contribution in [-0.4, -0.2) is 47.3 Å². The second-order valence-corrected chi connectivity index (χ2v) is 5.53.